The summed E-state index contributed by atoms with van der Waals surface area (Å²) in [7, 11) is 0. The smallest absolute Gasteiger partial charge is 0.152 e. The van der Waals surface area contributed by atoms with Crippen LogP contribution in [-0.4, -0.2) is 18.9 Å². The van der Waals surface area contributed by atoms with Gasteiger partial charge in [-0.15, -0.1) is 0 Å². The van der Waals surface area contributed by atoms with Crippen LogP contribution in [0.4, 0.5) is 5.69 Å². The van der Waals surface area contributed by atoms with Crippen LogP contribution in [0.1, 0.15) is 25.3 Å². The fourth-order valence-electron chi connectivity index (χ4n) is 2.74. The van der Waals surface area contributed by atoms with Crippen LogP contribution in [0.5, 0.6) is 0 Å². The van der Waals surface area contributed by atoms with E-state index in [4.69, 9.17) is 0 Å². The Bertz CT molecular complexity index is 666. The van der Waals surface area contributed by atoms with Crippen LogP contribution in [-0.2, 0) is 4.79 Å². The molecule has 2 aromatic rings. The highest BCUT2D eigenvalue weighted by Crippen LogP contribution is 2.26. The minimum Gasteiger partial charge on any atom is -0.372 e. The SMILES string of the molecule is CC(=O)/C=C/c1ccc2cc(N3CCCC3)ccc2c1. The van der Waals surface area contributed by atoms with Crippen molar-refractivity contribution in [3.8, 4) is 0 Å². The van der Waals surface area contributed by atoms with Crippen molar-refractivity contribution in [1.82, 2.24) is 0 Å². The molecule has 102 valence electrons. The van der Waals surface area contributed by atoms with Gasteiger partial charge in [-0.2, -0.15) is 0 Å². The summed E-state index contributed by atoms with van der Waals surface area (Å²) in [4.78, 5) is 13.4. The topological polar surface area (TPSA) is 20.3 Å². The van der Waals surface area contributed by atoms with E-state index in [9.17, 15) is 4.79 Å². The number of anilines is 1. The second-order valence-corrected chi connectivity index (χ2v) is 5.43. The van der Waals surface area contributed by atoms with Crippen LogP contribution in [0.2, 0.25) is 0 Å². The number of allylic oxidation sites excluding steroid dienone is 1. The molecule has 0 spiro atoms. The van der Waals surface area contributed by atoms with Crippen LogP contribution in [0.15, 0.2) is 42.5 Å². The molecule has 0 unspecified atom stereocenters. The number of carbonyl (C=O) groups is 1. The van der Waals surface area contributed by atoms with Crippen LogP contribution >= 0.6 is 0 Å². The molecule has 1 aliphatic rings. The first-order valence-electron chi connectivity index (χ1n) is 7.20. The zero-order chi connectivity index (χ0) is 13.9. The molecule has 3 rings (SSSR count). The number of benzene rings is 2. The number of rotatable bonds is 3. The predicted octanol–water partition coefficient (Wildman–Crippen LogP) is 4.04. The molecular formula is C18H19NO. The van der Waals surface area contributed by atoms with E-state index in [2.05, 4.69) is 41.3 Å². The Kier molecular flexibility index (Phi) is 3.55. The summed E-state index contributed by atoms with van der Waals surface area (Å²) in [5.74, 6) is 0.0782. The normalized spacial score (nSPS) is 15.3. The van der Waals surface area contributed by atoms with Gasteiger partial charge in [0, 0.05) is 18.8 Å². The van der Waals surface area contributed by atoms with Gasteiger partial charge in [0.25, 0.3) is 0 Å². The molecule has 2 aromatic carbocycles. The van der Waals surface area contributed by atoms with Crippen molar-refractivity contribution < 1.29 is 4.79 Å². The van der Waals surface area contributed by atoms with E-state index in [-0.39, 0.29) is 5.78 Å². The van der Waals surface area contributed by atoms with Crippen LogP contribution < -0.4 is 4.90 Å². The first-order valence-corrected chi connectivity index (χ1v) is 7.20. The molecule has 0 saturated carbocycles. The summed E-state index contributed by atoms with van der Waals surface area (Å²) in [5.41, 5.74) is 2.39. The van der Waals surface area contributed by atoms with Crippen molar-refractivity contribution in [2.75, 3.05) is 18.0 Å². The molecule has 0 aromatic heterocycles. The Morgan fingerprint density at radius 2 is 1.75 bits per heavy atom. The lowest BCUT2D eigenvalue weighted by Crippen LogP contribution is -2.17. The van der Waals surface area contributed by atoms with E-state index in [1.165, 1.54) is 42.4 Å². The van der Waals surface area contributed by atoms with Crippen molar-refractivity contribution in [1.29, 1.82) is 0 Å². The third kappa shape index (κ3) is 2.74. The maximum atomic E-state index is 11.0. The standard InChI is InChI=1S/C18H19NO/c1-14(20)4-5-15-6-7-17-13-18(9-8-16(17)12-15)19-10-2-3-11-19/h4-9,12-13H,2-3,10-11H2,1H3/b5-4+. The Morgan fingerprint density at radius 3 is 2.50 bits per heavy atom. The van der Waals surface area contributed by atoms with E-state index in [0.29, 0.717) is 0 Å². The van der Waals surface area contributed by atoms with Crippen LogP contribution in [0.3, 0.4) is 0 Å². The van der Waals surface area contributed by atoms with Crippen molar-refractivity contribution in [3.05, 3.63) is 48.0 Å². The van der Waals surface area contributed by atoms with Gasteiger partial charge < -0.3 is 4.90 Å². The first-order chi connectivity index (χ1) is 9.72. The second kappa shape index (κ2) is 5.49. The van der Waals surface area contributed by atoms with E-state index >= 15 is 0 Å². The van der Waals surface area contributed by atoms with Crippen molar-refractivity contribution in [2.45, 2.75) is 19.8 Å². The molecule has 0 bridgehead atoms. The molecule has 0 aliphatic carbocycles. The van der Waals surface area contributed by atoms with Gasteiger partial charge in [0.05, 0.1) is 0 Å². The van der Waals surface area contributed by atoms with Crippen LogP contribution in [0, 0.1) is 0 Å². The van der Waals surface area contributed by atoms with Gasteiger partial charge >= 0.3 is 0 Å². The van der Waals surface area contributed by atoms with E-state index in [1.54, 1.807) is 13.0 Å². The largest absolute Gasteiger partial charge is 0.372 e. The molecule has 1 heterocycles. The van der Waals surface area contributed by atoms with Crippen LogP contribution in [0.25, 0.3) is 16.8 Å². The molecule has 1 fully saturated rings. The average Bonchev–Trinajstić information content (AvgIpc) is 2.98. The third-order valence-corrected chi connectivity index (χ3v) is 3.83. The summed E-state index contributed by atoms with van der Waals surface area (Å²) in [5, 5.41) is 2.48. The number of hydrogen-bond donors (Lipinski definition) is 0. The lowest BCUT2D eigenvalue weighted by molar-refractivity contribution is -0.112. The second-order valence-electron chi connectivity index (χ2n) is 5.43. The molecule has 2 nitrogen and oxygen atoms in total. The molecule has 0 atom stereocenters. The van der Waals surface area contributed by atoms with Gasteiger partial charge in [-0.05, 0) is 60.4 Å². The summed E-state index contributed by atoms with van der Waals surface area (Å²) >= 11 is 0. The van der Waals surface area contributed by atoms with Gasteiger partial charge in [-0.25, -0.2) is 0 Å². The van der Waals surface area contributed by atoms with E-state index in [0.717, 1.165) is 5.56 Å². The van der Waals surface area contributed by atoms with E-state index < -0.39 is 0 Å². The van der Waals surface area contributed by atoms with E-state index in [1.807, 2.05) is 6.08 Å². The first kappa shape index (κ1) is 12.9. The quantitative estimate of drug-likeness (QED) is 0.781. The Morgan fingerprint density at radius 1 is 1.05 bits per heavy atom. The van der Waals surface area contributed by atoms with Crippen molar-refractivity contribution >= 4 is 28.3 Å². The Balaban J connectivity index is 1.92. The highest BCUT2D eigenvalue weighted by atomic mass is 16.1. The minimum atomic E-state index is 0.0782. The summed E-state index contributed by atoms with van der Waals surface area (Å²) in [6.07, 6.45) is 6.08. The highest BCUT2D eigenvalue weighted by molar-refractivity contribution is 5.93. The molecule has 2 heteroatoms. The number of hydrogen-bond acceptors (Lipinski definition) is 2. The molecule has 20 heavy (non-hydrogen) atoms. The summed E-state index contributed by atoms with van der Waals surface area (Å²) in [6.45, 7) is 3.91. The maximum Gasteiger partial charge on any atom is 0.152 e. The van der Waals surface area contributed by atoms with Gasteiger partial charge in [0.2, 0.25) is 0 Å². The third-order valence-electron chi connectivity index (χ3n) is 3.83. The number of ketones is 1. The average molecular weight is 265 g/mol. The maximum absolute atomic E-state index is 11.0. The monoisotopic (exact) mass is 265 g/mol. The molecule has 1 saturated heterocycles. The zero-order valence-electron chi connectivity index (χ0n) is 11.8. The summed E-state index contributed by atoms with van der Waals surface area (Å²) in [6, 6.07) is 13.0. The molecular weight excluding hydrogens is 246 g/mol. The minimum absolute atomic E-state index is 0.0782. The molecule has 1 aliphatic heterocycles. The Labute approximate surface area is 119 Å². The zero-order valence-corrected chi connectivity index (χ0v) is 11.8. The summed E-state index contributed by atoms with van der Waals surface area (Å²) < 4.78 is 0. The lowest BCUT2D eigenvalue weighted by atomic mass is 10.1. The fourth-order valence-corrected chi connectivity index (χ4v) is 2.74. The highest BCUT2D eigenvalue weighted by Gasteiger charge is 2.12. The lowest BCUT2D eigenvalue weighted by Gasteiger charge is -2.18. The number of nitrogens with zero attached hydrogens (tertiary/aromatic N) is 1. The van der Waals surface area contributed by atoms with Crippen molar-refractivity contribution in [3.63, 3.8) is 0 Å². The van der Waals surface area contributed by atoms with Gasteiger partial charge in [0.1, 0.15) is 0 Å². The molecule has 0 radical (unpaired) electrons. The Hall–Kier alpha value is -2.09. The number of fused-ring (bicyclic) bond motifs is 1. The molecule has 0 amide bonds. The van der Waals surface area contributed by atoms with Gasteiger partial charge in [-0.1, -0.05) is 24.3 Å². The predicted molar refractivity (Wildman–Crippen MR) is 85.1 cm³/mol. The number of carbonyl (C=O) groups excluding carboxylic acids is 1. The van der Waals surface area contributed by atoms with Crippen molar-refractivity contribution in [2.24, 2.45) is 0 Å². The van der Waals surface area contributed by atoms with Gasteiger partial charge in [-0.3, -0.25) is 4.79 Å². The molecule has 0 N–H and O–H groups in total. The fraction of sp³-hybridized carbons (Fsp3) is 0.278. The van der Waals surface area contributed by atoms with Gasteiger partial charge in [0.15, 0.2) is 5.78 Å².